The number of likely N-dealkylation sites (tertiary alicyclic amines) is 2. The summed E-state index contributed by atoms with van der Waals surface area (Å²) in [6, 6.07) is 6.43. The van der Waals surface area contributed by atoms with Crippen LogP contribution < -0.4 is 5.46 Å². The average Bonchev–Trinajstić information content (AvgIpc) is 3.58. The summed E-state index contributed by atoms with van der Waals surface area (Å²) >= 11 is 1.80. The van der Waals surface area contributed by atoms with Gasteiger partial charge in [0.25, 0.3) is 0 Å². The first kappa shape index (κ1) is 25.1. The Labute approximate surface area is 212 Å². The SMILES string of the molecule is CC1(C)OB(c2ccc3sc(CCN4CCCC4)nc3c2)OC1(C)CC1CCN(CCC(=O)O)C1. The molecule has 0 radical (unpaired) electrons. The smallest absolute Gasteiger partial charge is 0.481 e. The summed E-state index contributed by atoms with van der Waals surface area (Å²) in [5, 5.41) is 10.2. The topological polar surface area (TPSA) is 75.1 Å². The molecular formula is C26H38BN3O4S. The van der Waals surface area contributed by atoms with Crippen molar-refractivity contribution in [2.45, 2.75) is 70.5 Å². The lowest BCUT2D eigenvalue weighted by molar-refractivity contribution is -0.137. The Morgan fingerprint density at radius 3 is 2.74 bits per heavy atom. The predicted octanol–water partition coefficient (Wildman–Crippen LogP) is 3.40. The van der Waals surface area contributed by atoms with E-state index in [9.17, 15) is 4.79 Å². The van der Waals surface area contributed by atoms with Gasteiger partial charge < -0.3 is 24.2 Å². The minimum Gasteiger partial charge on any atom is -0.481 e. The number of aromatic nitrogens is 1. The second-order valence-electron chi connectivity index (χ2n) is 11.2. The molecule has 4 heterocycles. The van der Waals surface area contributed by atoms with E-state index in [1.54, 1.807) is 11.3 Å². The first-order valence-corrected chi connectivity index (χ1v) is 13.9. The number of benzene rings is 1. The van der Waals surface area contributed by atoms with E-state index in [-0.39, 0.29) is 6.42 Å². The van der Waals surface area contributed by atoms with Crippen molar-refractivity contribution in [3.8, 4) is 0 Å². The van der Waals surface area contributed by atoms with Crippen LogP contribution in [0.5, 0.6) is 0 Å². The van der Waals surface area contributed by atoms with E-state index in [4.69, 9.17) is 19.4 Å². The van der Waals surface area contributed by atoms with Crippen LogP contribution in [0, 0.1) is 5.92 Å². The maximum Gasteiger partial charge on any atom is 0.494 e. The molecule has 3 aliphatic heterocycles. The van der Waals surface area contributed by atoms with Crippen molar-refractivity contribution in [1.29, 1.82) is 0 Å². The van der Waals surface area contributed by atoms with Crippen LogP contribution in [-0.4, -0.2) is 83.4 Å². The fraction of sp³-hybridized carbons (Fsp3) is 0.692. The summed E-state index contributed by atoms with van der Waals surface area (Å²) in [7, 11) is -0.404. The molecular weight excluding hydrogens is 461 g/mol. The van der Waals surface area contributed by atoms with Crippen molar-refractivity contribution in [3.63, 3.8) is 0 Å². The zero-order chi connectivity index (χ0) is 24.6. The number of rotatable bonds is 9. The summed E-state index contributed by atoms with van der Waals surface area (Å²) < 4.78 is 14.4. The molecule has 0 amide bonds. The Bertz CT molecular complexity index is 1060. The van der Waals surface area contributed by atoms with Crippen LogP contribution in [0.1, 0.15) is 57.9 Å². The standard InChI is InChI=1S/C26H38BN3O4S/c1-25(2)26(3,17-19-8-13-30(18-19)15-10-24(31)32)34-27(33-25)20-6-7-22-21(16-20)28-23(35-22)9-14-29-11-4-5-12-29/h6-7,16,19H,4-5,8-15,17-18H2,1-3H3,(H,31,32). The van der Waals surface area contributed by atoms with Gasteiger partial charge in [-0.3, -0.25) is 4.79 Å². The molecule has 3 fully saturated rings. The van der Waals surface area contributed by atoms with Gasteiger partial charge in [0, 0.05) is 26.1 Å². The summed E-state index contributed by atoms with van der Waals surface area (Å²) in [6.45, 7) is 12.5. The highest BCUT2D eigenvalue weighted by atomic mass is 32.1. The minimum absolute atomic E-state index is 0.205. The van der Waals surface area contributed by atoms with Crippen LogP contribution in [0.25, 0.3) is 10.2 Å². The zero-order valence-electron chi connectivity index (χ0n) is 21.3. The van der Waals surface area contributed by atoms with Gasteiger partial charge in [-0.05, 0) is 89.6 Å². The molecule has 1 N–H and O–H groups in total. The molecule has 9 heteroatoms. The third-order valence-electron chi connectivity index (χ3n) is 8.30. The van der Waals surface area contributed by atoms with Crippen molar-refractivity contribution in [3.05, 3.63) is 23.2 Å². The molecule has 0 bridgehead atoms. The second kappa shape index (κ2) is 10.1. The lowest BCUT2D eigenvalue weighted by atomic mass is 9.78. The molecule has 190 valence electrons. The molecule has 1 aromatic heterocycles. The predicted molar refractivity (Wildman–Crippen MR) is 140 cm³/mol. The highest BCUT2D eigenvalue weighted by Gasteiger charge is 2.55. The Morgan fingerprint density at radius 2 is 1.97 bits per heavy atom. The first-order valence-electron chi connectivity index (χ1n) is 13.1. The molecule has 35 heavy (non-hydrogen) atoms. The number of hydrogen-bond donors (Lipinski definition) is 1. The van der Waals surface area contributed by atoms with Crippen LogP contribution in [0.15, 0.2) is 18.2 Å². The summed E-state index contributed by atoms with van der Waals surface area (Å²) in [5.74, 6) is -0.248. The maximum atomic E-state index is 10.9. The number of carboxylic acid groups (broad SMARTS) is 1. The lowest BCUT2D eigenvalue weighted by Gasteiger charge is -2.38. The third kappa shape index (κ3) is 5.59. The summed E-state index contributed by atoms with van der Waals surface area (Å²) in [4.78, 5) is 20.7. The van der Waals surface area contributed by atoms with Crippen molar-refractivity contribution >= 4 is 40.1 Å². The number of thiazole rings is 1. The van der Waals surface area contributed by atoms with Crippen LogP contribution in [-0.2, 0) is 20.5 Å². The van der Waals surface area contributed by atoms with E-state index in [0.29, 0.717) is 12.5 Å². The quantitative estimate of drug-likeness (QED) is 0.530. The number of aliphatic carboxylic acids is 1. The number of carbonyl (C=O) groups is 1. The van der Waals surface area contributed by atoms with E-state index >= 15 is 0 Å². The molecule has 2 atom stereocenters. The van der Waals surface area contributed by atoms with Gasteiger partial charge in [0.1, 0.15) is 0 Å². The van der Waals surface area contributed by atoms with Crippen LogP contribution in [0.4, 0.5) is 0 Å². The molecule has 2 unspecified atom stereocenters. The highest BCUT2D eigenvalue weighted by molar-refractivity contribution is 7.18. The Kier molecular flexibility index (Phi) is 7.25. The van der Waals surface area contributed by atoms with Gasteiger partial charge in [0.15, 0.2) is 0 Å². The van der Waals surface area contributed by atoms with Gasteiger partial charge in [0.2, 0.25) is 0 Å². The fourth-order valence-electron chi connectivity index (χ4n) is 5.82. The van der Waals surface area contributed by atoms with E-state index < -0.39 is 24.3 Å². The van der Waals surface area contributed by atoms with Gasteiger partial charge in [-0.25, -0.2) is 4.98 Å². The fourth-order valence-corrected chi connectivity index (χ4v) is 6.75. The minimum atomic E-state index is -0.729. The second-order valence-corrected chi connectivity index (χ2v) is 12.4. The van der Waals surface area contributed by atoms with Crippen molar-refractivity contribution in [1.82, 2.24) is 14.8 Å². The van der Waals surface area contributed by atoms with Gasteiger partial charge in [-0.2, -0.15) is 0 Å². The molecule has 1 aromatic carbocycles. The Hall–Kier alpha value is -1.52. The lowest BCUT2D eigenvalue weighted by Crippen LogP contribution is -2.46. The van der Waals surface area contributed by atoms with Crippen molar-refractivity contribution in [2.24, 2.45) is 5.92 Å². The maximum absolute atomic E-state index is 10.9. The van der Waals surface area contributed by atoms with Gasteiger partial charge in [0.05, 0.1) is 32.8 Å². The molecule has 0 saturated carbocycles. The Balaban J connectivity index is 1.23. The van der Waals surface area contributed by atoms with E-state index in [2.05, 4.69) is 48.8 Å². The van der Waals surface area contributed by atoms with Gasteiger partial charge >= 0.3 is 13.1 Å². The van der Waals surface area contributed by atoms with Crippen molar-refractivity contribution in [2.75, 3.05) is 39.3 Å². The number of nitrogens with zero attached hydrogens (tertiary/aromatic N) is 3. The largest absolute Gasteiger partial charge is 0.494 e. The average molecular weight is 499 g/mol. The number of carboxylic acids is 1. The van der Waals surface area contributed by atoms with Crippen LogP contribution in [0.2, 0.25) is 0 Å². The Morgan fingerprint density at radius 1 is 1.17 bits per heavy atom. The molecule has 0 aliphatic carbocycles. The third-order valence-corrected chi connectivity index (χ3v) is 9.40. The van der Waals surface area contributed by atoms with Crippen LogP contribution >= 0.6 is 11.3 Å². The highest BCUT2D eigenvalue weighted by Crippen LogP contribution is 2.43. The molecule has 5 rings (SSSR count). The molecule has 2 aromatic rings. The van der Waals surface area contributed by atoms with E-state index in [1.165, 1.54) is 35.6 Å². The number of hydrogen-bond acceptors (Lipinski definition) is 7. The van der Waals surface area contributed by atoms with Crippen LogP contribution in [0.3, 0.4) is 0 Å². The summed E-state index contributed by atoms with van der Waals surface area (Å²) in [6.07, 6.45) is 5.84. The van der Waals surface area contributed by atoms with Crippen molar-refractivity contribution < 1.29 is 19.2 Å². The summed E-state index contributed by atoms with van der Waals surface area (Å²) in [5.41, 5.74) is 1.22. The molecule has 7 nitrogen and oxygen atoms in total. The zero-order valence-corrected chi connectivity index (χ0v) is 22.1. The van der Waals surface area contributed by atoms with E-state index in [0.717, 1.165) is 49.9 Å². The molecule has 0 spiro atoms. The van der Waals surface area contributed by atoms with Gasteiger partial charge in [-0.1, -0.05) is 6.07 Å². The normalized spacial score (nSPS) is 27.4. The van der Waals surface area contributed by atoms with Gasteiger partial charge in [-0.15, -0.1) is 11.3 Å². The first-order chi connectivity index (χ1) is 16.7. The van der Waals surface area contributed by atoms with E-state index in [1.807, 2.05) is 0 Å². The number of fused-ring (bicyclic) bond motifs is 1. The monoisotopic (exact) mass is 499 g/mol. The molecule has 3 saturated heterocycles. The molecule has 3 aliphatic rings.